The Bertz CT molecular complexity index is 641. The Morgan fingerprint density at radius 1 is 1.05 bits per heavy atom. The van der Waals surface area contributed by atoms with Gasteiger partial charge in [0.05, 0.1) is 12.7 Å². The van der Waals surface area contributed by atoms with Crippen molar-refractivity contribution in [2.24, 2.45) is 0 Å². The molecule has 0 amide bonds. The molecule has 0 saturated carbocycles. The highest BCUT2D eigenvalue weighted by Gasteiger charge is 2.24. The average Bonchev–Trinajstić information content (AvgIpc) is 2.43. The van der Waals surface area contributed by atoms with Crippen LogP contribution in [0.3, 0.4) is 0 Å². The molecule has 0 saturated heterocycles. The standard InChI is InChI=1S/C15H13F3O2/c1-8-6-7-10(16)12(13(8)17)15(19)9-4-3-5-11(20-2)14(9)18/h3-7,15,19H,1-2H3. The highest BCUT2D eigenvalue weighted by atomic mass is 19.1. The third-order valence-corrected chi connectivity index (χ3v) is 3.10. The van der Waals surface area contributed by atoms with Gasteiger partial charge in [0.15, 0.2) is 11.6 Å². The first-order valence-corrected chi connectivity index (χ1v) is 5.92. The van der Waals surface area contributed by atoms with Gasteiger partial charge in [-0.1, -0.05) is 18.2 Å². The first-order valence-electron chi connectivity index (χ1n) is 5.92. The monoisotopic (exact) mass is 282 g/mol. The van der Waals surface area contributed by atoms with Crippen molar-refractivity contribution < 1.29 is 23.0 Å². The first kappa shape index (κ1) is 14.4. The first-order chi connectivity index (χ1) is 9.47. The lowest BCUT2D eigenvalue weighted by Gasteiger charge is -2.16. The SMILES string of the molecule is COc1cccc(C(O)c2c(F)ccc(C)c2F)c1F. The fraction of sp³-hybridized carbons (Fsp3) is 0.200. The van der Waals surface area contributed by atoms with Crippen molar-refractivity contribution in [2.45, 2.75) is 13.0 Å². The Kier molecular flexibility index (Phi) is 3.99. The molecule has 2 aromatic carbocycles. The molecule has 0 aliphatic heterocycles. The number of hydrogen-bond acceptors (Lipinski definition) is 2. The zero-order chi connectivity index (χ0) is 14.9. The molecule has 1 unspecified atom stereocenters. The fourth-order valence-electron chi connectivity index (χ4n) is 1.98. The summed E-state index contributed by atoms with van der Waals surface area (Å²) in [7, 11) is 1.27. The number of methoxy groups -OCH3 is 1. The Morgan fingerprint density at radius 2 is 1.75 bits per heavy atom. The number of halogens is 3. The van der Waals surface area contributed by atoms with Crippen LogP contribution in [0.4, 0.5) is 13.2 Å². The molecular formula is C15H13F3O2. The van der Waals surface area contributed by atoms with Gasteiger partial charge in [0, 0.05) is 5.56 Å². The minimum absolute atomic E-state index is 0.102. The van der Waals surface area contributed by atoms with Gasteiger partial charge in [-0.05, 0) is 24.6 Å². The van der Waals surface area contributed by atoms with Crippen molar-refractivity contribution in [1.82, 2.24) is 0 Å². The summed E-state index contributed by atoms with van der Waals surface area (Å²) in [6.45, 7) is 1.44. The number of aliphatic hydroxyl groups is 1. The Labute approximate surface area is 114 Å². The van der Waals surface area contributed by atoms with Crippen LogP contribution in [-0.2, 0) is 0 Å². The molecule has 106 valence electrons. The van der Waals surface area contributed by atoms with E-state index in [-0.39, 0.29) is 16.9 Å². The Hall–Kier alpha value is -2.01. The zero-order valence-corrected chi connectivity index (χ0v) is 11.0. The normalized spacial score (nSPS) is 12.3. The van der Waals surface area contributed by atoms with Gasteiger partial charge in [-0.3, -0.25) is 0 Å². The van der Waals surface area contributed by atoms with Crippen LogP contribution < -0.4 is 4.74 Å². The van der Waals surface area contributed by atoms with E-state index in [0.29, 0.717) is 0 Å². The Morgan fingerprint density at radius 3 is 2.40 bits per heavy atom. The average molecular weight is 282 g/mol. The fourth-order valence-corrected chi connectivity index (χ4v) is 1.98. The van der Waals surface area contributed by atoms with Crippen LogP contribution in [0.25, 0.3) is 0 Å². The van der Waals surface area contributed by atoms with E-state index in [2.05, 4.69) is 0 Å². The van der Waals surface area contributed by atoms with Crippen LogP contribution in [0.5, 0.6) is 5.75 Å². The third-order valence-electron chi connectivity index (χ3n) is 3.10. The highest BCUT2D eigenvalue weighted by molar-refractivity contribution is 5.39. The van der Waals surface area contributed by atoms with Crippen LogP contribution in [0.15, 0.2) is 30.3 Å². The molecule has 0 radical (unpaired) electrons. The predicted octanol–water partition coefficient (Wildman–Crippen LogP) is 3.50. The second-order valence-corrected chi connectivity index (χ2v) is 4.36. The van der Waals surface area contributed by atoms with Gasteiger partial charge in [-0.15, -0.1) is 0 Å². The molecule has 0 fully saturated rings. The van der Waals surface area contributed by atoms with Gasteiger partial charge in [0.2, 0.25) is 0 Å². The lowest BCUT2D eigenvalue weighted by molar-refractivity contribution is 0.202. The highest BCUT2D eigenvalue weighted by Crippen LogP contribution is 2.32. The van der Waals surface area contributed by atoms with Gasteiger partial charge < -0.3 is 9.84 Å². The second kappa shape index (κ2) is 5.54. The van der Waals surface area contributed by atoms with E-state index in [1.807, 2.05) is 0 Å². The van der Waals surface area contributed by atoms with E-state index < -0.39 is 29.1 Å². The molecule has 0 bridgehead atoms. The van der Waals surface area contributed by atoms with E-state index >= 15 is 0 Å². The van der Waals surface area contributed by atoms with Crippen LogP contribution in [-0.4, -0.2) is 12.2 Å². The molecule has 0 aliphatic carbocycles. The smallest absolute Gasteiger partial charge is 0.171 e. The van der Waals surface area contributed by atoms with Crippen molar-refractivity contribution in [3.05, 3.63) is 64.5 Å². The van der Waals surface area contributed by atoms with Gasteiger partial charge in [0.1, 0.15) is 17.7 Å². The molecule has 0 aromatic heterocycles. The van der Waals surface area contributed by atoms with Gasteiger partial charge >= 0.3 is 0 Å². The van der Waals surface area contributed by atoms with Gasteiger partial charge in [-0.25, -0.2) is 13.2 Å². The molecule has 2 nitrogen and oxygen atoms in total. The summed E-state index contributed by atoms with van der Waals surface area (Å²) in [4.78, 5) is 0. The summed E-state index contributed by atoms with van der Waals surface area (Å²) >= 11 is 0. The minimum Gasteiger partial charge on any atom is -0.494 e. The molecule has 2 aromatic rings. The lowest BCUT2D eigenvalue weighted by atomic mass is 9.98. The predicted molar refractivity (Wildman–Crippen MR) is 68.1 cm³/mol. The minimum atomic E-state index is -1.75. The number of aliphatic hydroxyl groups excluding tert-OH is 1. The molecule has 0 spiro atoms. The molecule has 0 heterocycles. The number of ether oxygens (including phenoxy) is 1. The van der Waals surface area contributed by atoms with E-state index in [1.165, 1.54) is 38.3 Å². The summed E-state index contributed by atoms with van der Waals surface area (Å²) in [5.74, 6) is -2.76. The van der Waals surface area contributed by atoms with E-state index in [0.717, 1.165) is 6.07 Å². The lowest BCUT2D eigenvalue weighted by Crippen LogP contribution is -2.09. The van der Waals surface area contributed by atoms with E-state index in [4.69, 9.17) is 4.74 Å². The van der Waals surface area contributed by atoms with Crippen LogP contribution in [0.2, 0.25) is 0 Å². The van der Waals surface area contributed by atoms with Crippen molar-refractivity contribution in [3.8, 4) is 5.75 Å². The number of aryl methyl sites for hydroxylation is 1. The van der Waals surface area contributed by atoms with Crippen molar-refractivity contribution in [3.63, 3.8) is 0 Å². The molecule has 1 atom stereocenters. The maximum Gasteiger partial charge on any atom is 0.171 e. The molecule has 20 heavy (non-hydrogen) atoms. The Balaban J connectivity index is 2.58. The quantitative estimate of drug-likeness (QED) is 0.933. The van der Waals surface area contributed by atoms with Crippen molar-refractivity contribution in [1.29, 1.82) is 0 Å². The molecule has 1 N–H and O–H groups in total. The van der Waals surface area contributed by atoms with Crippen molar-refractivity contribution >= 4 is 0 Å². The number of rotatable bonds is 3. The zero-order valence-electron chi connectivity index (χ0n) is 11.0. The summed E-state index contributed by atoms with van der Waals surface area (Å²) in [6, 6.07) is 6.34. The number of hydrogen-bond donors (Lipinski definition) is 1. The second-order valence-electron chi connectivity index (χ2n) is 4.36. The maximum atomic E-state index is 14.0. The number of benzene rings is 2. The van der Waals surface area contributed by atoms with Crippen LogP contribution in [0.1, 0.15) is 22.8 Å². The van der Waals surface area contributed by atoms with Gasteiger partial charge in [-0.2, -0.15) is 0 Å². The van der Waals surface area contributed by atoms with Crippen molar-refractivity contribution in [2.75, 3.05) is 7.11 Å². The maximum absolute atomic E-state index is 14.0. The van der Waals surface area contributed by atoms with Gasteiger partial charge in [0.25, 0.3) is 0 Å². The topological polar surface area (TPSA) is 29.5 Å². The summed E-state index contributed by atoms with van der Waals surface area (Å²) in [5, 5.41) is 10.1. The molecule has 2 rings (SSSR count). The molecule has 5 heteroatoms. The summed E-state index contributed by atoms with van der Waals surface area (Å²) in [6.07, 6.45) is -1.75. The largest absolute Gasteiger partial charge is 0.494 e. The molecule has 0 aliphatic rings. The summed E-state index contributed by atoms with van der Waals surface area (Å²) < 4.78 is 46.5. The third kappa shape index (κ3) is 2.36. The molecular weight excluding hydrogens is 269 g/mol. The van der Waals surface area contributed by atoms with E-state index in [1.54, 1.807) is 0 Å². The summed E-state index contributed by atoms with van der Waals surface area (Å²) in [5.41, 5.74) is -0.645. The van der Waals surface area contributed by atoms with Crippen LogP contribution >= 0.6 is 0 Å². The van der Waals surface area contributed by atoms with Crippen LogP contribution in [0, 0.1) is 24.4 Å². The van der Waals surface area contributed by atoms with E-state index in [9.17, 15) is 18.3 Å².